The summed E-state index contributed by atoms with van der Waals surface area (Å²) in [5.74, 6) is -0.0387. The summed E-state index contributed by atoms with van der Waals surface area (Å²) in [6.45, 7) is 0. The Morgan fingerprint density at radius 3 is 2.62 bits per heavy atom. The Morgan fingerprint density at radius 1 is 1.14 bits per heavy atom. The van der Waals surface area contributed by atoms with Crippen molar-refractivity contribution in [3.63, 3.8) is 0 Å². The highest BCUT2D eigenvalue weighted by Crippen LogP contribution is 2.35. The molecule has 3 aromatic rings. The molecule has 0 aliphatic carbocycles. The van der Waals surface area contributed by atoms with E-state index in [1.54, 1.807) is 0 Å². The molecular formula is C14H8ClF3N2O. The number of phenolic OH excluding ortho intramolecular Hbond substituents is 1. The molecule has 0 aliphatic heterocycles. The molecule has 3 rings (SSSR count). The van der Waals surface area contributed by atoms with Crippen molar-refractivity contribution in [2.24, 2.45) is 0 Å². The quantitative estimate of drug-likeness (QED) is 0.723. The molecule has 3 nitrogen and oxygen atoms in total. The number of rotatable bonds is 1. The molecule has 0 atom stereocenters. The monoisotopic (exact) mass is 312 g/mol. The van der Waals surface area contributed by atoms with Crippen LogP contribution in [-0.2, 0) is 6.18 Å². The predicted molar refractivity (Wildman–Crippen MR) is 72.7 cm³/mol. The summed E-state index contributed by atoms with van der Waals surface area (Å²) in [5, 5.41) is 9.82. The lowest BCUT2D eigenvalue weighted by atomic mass is 10.1. The molecule has 0 saturated carbocycles. The van der Waals surface area contributed by atoms with Crippen molar-refractivity contribution in [3.8, 4) is 11.4 Å². The molecule has 1 N–H and O–H groups in total. The Bertz CT molecular complexity index is 827. The Hall–Kier alpha value is -2.21. The van der Waals surface area contributed by atoms with Crippen LogP contribution in [0.25, 0.3) is 16.7 Å². The molecule has 0 saturated heterocycles. The van der Waals surface area contributed by atoms with Crippen LogP contribution in [0.2, 0.25) is 5.02 Å². The average Bonchev–Trinajstić information content (AvgIpc) is 2.84. The first-order chi connectivity index (χ1) is 9.88. The zero-order valence-electron chi connectivity index (χ0n) is 10.4. The van der Waals surface area contributed by atoms with E-state index in [-0.39, 0.29) is 16.8 Å². The third-order valence-corrected chi connectivity index (χ3v) is 3.39. The summed E-state index contributed by atoms with van der Waals surface area (Å²) in [6.07, 6.45) is -3.23. The van der Waals surface area contributed by atoms with Gasteiger partial charge in [-0.15, -0.1) is 0 Å². The summed E-state index contributed by atoms with van der Waals surface area (Å²) in [6, 6.07) is 8.02. The second kappa shape index (κ2) is 4.66. The first-order valence-corrected chi connectivity index (χ1v) is 6.28. The van der Waals surface area contributed by atoms with Gasteiger partial charge in [0.25, 0.3) is 0 Å². The van der Waals surface area contributed by atoms with E-state index < -0.39 is 11.7 Å². The van der Waals surface area contributed by atoms with Gasteiger partial charge in [0.2, 0.25) is 0 Å². The Morgan fingerprint density at radius 2 is 1.90 bits per heavy atom. The number of aromatic hydroxyl groups is 1. The molecule has 0 aliphatic rings. The van der Waals surface area contributed by atoms with E-state index in [4.69, 9.17) is 11.6 Å². The van der Waals surface area contributed by atoms with Crippen LogP contribution in [0.4, 0.5) is 13.2 Å². The van der Waals surface area contributed by atoms with Crippen LogP contribution in [0.1, 0.15) is 5.56 Å². The minimum atomic E-state index is -4.48. The first-order valence-electron chi connectivity index (χ1n) is 5.90. The number of benzene rings is 2. The SMILES string of the molecule is Oc1ccc(Cl)c(-n2cnc3c(C(F)(F)F)cccc32)c1. The topological polar surface area (TPSA) is 38.0 Å². The van der Waals surface area contributed by atoms with Gasteiger partial charge >= 0.3 is 6.18 Å². The molecule has 0 fully saturated rings. The van der Waals surface area contributed by atoms with Crippen LogP contribution < -0.4 is 0 Å². The Balaban J connectivity index is 2.29. The second-order valence-electron chi connectivity index (χ2n) is 4.42. The minimum Gasteiger partial charge on any atom is -0.508 e. The maximum Gasteiger partial charge on any atom is 0.418 e. The van der Waals surface area contributed by atoms with Crippen molar-refractivity contribution in [2.45, 2.75) is 6.18 Å². The Kier molecular flexibility index (Phi) is 3.06. The van der Waals surface area contributed by atoms with Crippen LogP contribution in [0.15, 0.2) is 42.7 Å². The van der Waals surface area contributed by atoms with Crippen molar-refractivity contribution in [2.75, 3.05) is 0 Å². The molecule has 108 valence electrons. The molecule has 1 aromatic heterocycles. The molecule has 2 aromatic carbocycles. The van der Waals surface area contributed by atoms with Gasteiger partial charge in [0.05, 0.1) is 21.8 Å². The van der Waals surface area contributed by atoms with Crippen molar-refractivity contribution in [1.29, 1.82) is 0 Å². The number of fused-ring (bicyclic) bond motifs is 1. The molecule has 0 spiro atoms. The van der Waals surface area contributed by atoms with E-state index >= 15 is 0 Å². The van der Waals surface area contributed by atoms with E-state index in [0.717, 1.165) is 6.07 Å². The van der Waals surface area contributed by atoms with Gasteiger partial charge in [-0.3, -0.25) is 4.57 Å². The van der Waals surface area contributed by atoms with Gasteiger partial charge in [0, 0.05) is 6.07 Å². The van der Waals surface area contributed by atoms with Gasteiger partial charge < -0.3 is 5.11 Å². The number of para-hydroxylation sites is 1. The van der Waals surface area contributed by atoms with Crippen molar-refractivity contribution in [3.05, 3.63) is 53.3 Å². The van der Waals surface area contributed by atoms with Crippen LogP contribution in [-0.4, -0.2) is 14.7 Å². The predicted octanol–water partition coefficient (Wildman–Crippen LogP) is 4.40. The highest BCUT2D eigenvalue weighted by atomic mass is 35.5. The molecule has 0 bridgehead atoms. The fourth-order valence-electron chi connectivity index (χ4n) is 2.15. The number of hydrogen-bond donors (Lipinski definition) is 1. The zero-order chi connectivity index (χ0) is 15.2. The summed E-state index contributed by atoms with van der Waals surface area (Å²) < 4.78 is 40.3. The summed E-state index contributed by atoms with van der Waals surface area (Å²) in [7, 11) is 0. The molecule has 0 amide bonds. The number of imidazole rings is 1. The van der Waals surface area contributed by atoms with Crippen molar-refractivity contribution in [1.82, 2.24) is 9.55 Å². The molecule has 21 heavy (non-hydrogen) atoms. The standard InChI is InChI=1S/C14H8ClF3N2O/c15-10-5-4-8(21)6-12(10)20-7-19-13-9(14(16,17)18)2-1-3-11(13)20/h1-7,21H. The Labute approximate surface area is 122 Å². The second-order valence-corrected chi connectivity index (χ2v) is 4.83. The van der Waals surface area contributed by atoms with Crippen molar-refractivity contribution < 1.29 is 18.3 Å². The maximum atomic E-state index is 13.0. The lowest BCUT2D eigenvalue weighted by Gasteiger charge is -2.09. The molecule has 7 heteroatoms. The van der Waals surface area contributed by atoms with Gasteiger partial charge in [-0.1, -0.05) is 17.7 Å². The highest BCUT2D eigenvalue weighted by Gasteiger charge is 2.33. The highest BCUT2D eigenvalue weighted by molar-refractivity contribution is 6.32. The van der Waals surface area contributed by atoms with E-state index in [2.05, 4.69) is 4.98 Å². The summed E-state index contributed by atoms with van der Waals surface area (Å²) in [4.78, 5) is 3.83. The largest absolute Gasteiger partial charge is 0.508 e. The fraction of sp³-hybridized carbons (Fsp3) is 0.0714. The zero-order valence-corrected chi connectivity index (χ0v) is 11.2. The van der Waals surface area contributed by atoms with E-state index in [0.29, 0.717) is 10.7 Å². The van der Waals surface area contributed by atoms with Crippen LogP contribution in [0.5, 0.6) is 5.75 Å². The first kappa shape index (κ1) is 13.8. The van der Waals surface area contributed by atoms with Crippen LogP contribution in [0, 0.1) is 0 Å². The third-order valence-electron chi connectivity index (χ3n) is 3.07. The van der Waals surface area contributed by atoms with E-state index in [9.17, 15) is 18.3 Å². The number of alkyl halides is 3. The average molecular weight is 313 g/mol. The number of aromatic nitrogens is 2. The molecule has 1 heterocycles. The van der Waals surface area contributed by atoms with Crippen LogP contribution in [0.3, 0.4) is 0 Å². The lowest BCUT2D eigenvalue weighted by Crippen LogP contribution is -2.05. The van der Waals surface area contributed by atoms with Crippen molar-refractivity contribution >= 4 is 22.6 Å². The van der Waals surface area contributed by atoms with Gasteiger partial charge in [-0.05, 0) is 24.3 Å². The molecule has 0 unspecified atom stereocenters. The molecule has 0 radical (unpaired) electrons. The number of halogens is 4. The minimum absolute atomic E-state index is 0.0387. The maximum absolute atomic E-state index is 13.0. The smallest absolute Gasteiger partial charge is 0.418 e. The summed E-state index contributed by atoms with van der Waals surface area (Å²) >= 11 is 6.04. The van der Waals surface area contributed by atoms with Crippen LogP contribution >= 0.6 is 11.6 Å². The number of phenols is 1. The number of nitrogens with zero attached hydrogens (tertiary/aromatic N) is 2. The van der Waals surface area contributed by atoms with E-state index in [1.807, 2.05) is 0 Å². The van der Waals surface area contributed by atoms with Gasteiger partial charge in [-0.2, -0.15) is 13.2 Å². The van der Waals surface area contributed by atoms with E-state index in [1.165, 1.54) is 41.2 Å². The van der Waals surface area contributed by atoms with Gasteiger partial charge in [0.1, 0.15) is 17.6 Å². The summed E-state index contributed by atoms with van der Waals surface area (Å²) in [5.41, 5.74) is -0.352. The third kappa shape index (κ3) is 2.31. The van der Waals surface area contributed by atoms with Gasteiger partial charge in [0.15, 0.2) is 0 Å². The fourth-order valence-corrected chi connectivity index (χ4v) is 2.35. The lowest BCUT2D eigenvalue weighted by molar-refractivity contribution is -0.136. The van der Waals surface area contributed by atoms with Gasteiger partial charge in [-0.25, -0.2) is 4.98 Å². The number of hydrogen-bond acceptors (Lipinski definition) is 2. The normalized spacial score (nSPS) is 12.0. The molecular weight excluding hydrogens is 305 g/mol.